The van der Waals surface area contributed by atoms with Gasteiger partial charge in [-0.2, -0.15) is 0 Å². The van der Waals surface area contributed by atoms with Crippen LogP contribution < -0.4 is 0 Å². The van der Waals surface area contributed by atoms with Crippen LogP contribution >= 0.6 is 0 Å². The topological polar surface area (TPSA) is 63.1 Å². The van der Waals surface area contributed by atoms with Gasteiger partial charge in [0.05, 0.1) is 5.52 Å². The van der Waals surface area contributed by atoms with Crippen molar-refractivity contribution in [1.29, 1.82) is 0 Å². The van der Waals surface area contributed by atoms with E-state index in [4.69, 9.17) is 0 Å². The van der Waals surface area contributed by atoms with Crippen molar-refractivity contribution >= 4 is 27.5 Å². The quantitative estimate of drug-likeness (QED) is 0.0755. The molecular weight excluding hydrogens is 721 g/mol. The predicted molar refractivity (Wildman–Crippen MR) is 182 cm³/mol. The van der Waals surface area contributed by atoms with Crippen molar-refractivity contribution in [1.82, 2.24) is 9.97 Å². The Balaban J connectivity index is 0.000000331. The van der Waals surface area contributed by atoms with Crippen LogP contribution in [0.1, 0.15) is 97.8 Å². The van der Waals surface area contributed by atoms with Gasteiger partial charge in [-0.1, -0.05) is 86.6 Å². The Kier molecular flexibility index (Phi) is 13.5. The Bertz CT molecular complexity index is 1600. The molecule has 4 nitrogen and oxygen atoms in total. The van der Waals surface area contributed by atoms with E-state index in [1.807, 2.05) is 53.7 Å². The Morgan fingerprint density at radius 1 is 0.932 bits per heavy atom. The SMILES string of the molecule is CCC(C)(CC)C(=O)/C=C(\O)C(C)(CC)CC.Cc1ccc[c-]c1-c1ncnc2c1ccc1cc(CC(C)C)cc(C)c12.[Ir]. The molecule has 0 aliphatic rings. The average Bonchev–Trinajstić information content (AvgIpc) is 2.99. The molecule has 1 heterocycles. The number of ketones is 1. The van der Waals surface area contributed by atoms with Crippen molar-refractivity contribution in [3.63, 3.8) is 0 Å². The Morgan fingerprint density at radius 2 is 1.57 bits per heavy atom. The molecule has 0 saturated carbocycles. The van der Waals surface area contributed by atoms with E-state index >= 15 is 0 Å². The fourth-order valence-electron chi connectivity index (χ4n) is 5.52. The number of allylic oxidation sites excluding steroid dienone is 2. The Morgan fingerprint density at radius 3 is 2.14 bits per heavy atom. The van der Waals surface area contributed by atoms with Crippen LogP contribution in [0.25, 0.3) is 32.9 Å². The Hall–Kier alpha value is -2.88. The minimum Gasteiger partial charge on any atom is -0.512 e. The van der Waals surface area contributed by atoms with Gasteiger partial charge in [-0.15, -0.1) is 35.4 Å². The zero-order chi connectivity index (χ0) is 31.9. The maximum absolute atomic E-state index is 12.2. The fourth-order valence-corrected chi connectivity index (χ4v) is 5.52. The molecule has 0 fully saturated rings. The van der Waals surface area contributed by atoms with Crippen molar-refractivity contribution in [3.8, 4) is 11.3 Å². The monoisotopic (exact) mass is 772 g/mol. The smallest absolute Gasteiger partial charge is 0.164 e. The third-order valence-corrected chi connectivity index (χ3v) is 9.52. The van der Waals surface area contributed by atoms with E-state index in [1.165, 1.54) is 33.5 Å². The van der Waals surface area contributed by atoms with Crippen LogP contribution in [0.3, 0.4) is 0 Å². The summed E-state index contributed by atoms with van der Waals surface area (Å²) in [5, 5.41) is 13.7. The molecule has 1 radical (unpaired) electrons. The van der Waals surface area contributed by atoms with Crippen molar-refractivity contribution < 1.29 is 30.0 Å². The van der Waals surface area contributed by atoms with Gasteiger partial charge in [0.2, 0.25) is 0 Å². The second kappa shape index (κ2) is 15.9. The van der Waals surface area contributed by atoms with Gasteiger partial charge in [0.25, 0.3) is 0 Å². The first-order valence-electron chi connectivity index (χ1n) is 15.9. The van der Waals surface area contributed by atoms with E-state index in [9.17, 15) is 9.90 Å². The summed E-state index contributed by atoms with van der Waals surface area (Å²) in [4.78, 5) is 21.4. The largest absolute Gasteiger partial charge is 0.512 e. The maximum atomic E-state index is 12.2. The van der Waals surface area contributed by atoms with Gasteiger partial charge < -0.3 is 5.11 Å². The van der Waals surface area contributed by atoms with Gasteiger partial charge in [-0.25, -0.2) is 4.98 Å². The number of hydrogen-bond acceptors (Lipinski definition) is 4. The van der Waals surface area contributed by atoms with E-state index in [2.05, 4.69) is 74.1 Å². The van der Waals surface area contributed by atoms with Crippen LogP contribution in [-0.2, 0) is 31.3 Å². The molecule has 0 bridgehead atoms. The molecule has 3 aromatic carbocycles. The number of nitrogens with zero attached hydrogens (tertiary/aromatic N) is 2. The van der Waals surface area contributed by atoms with Crippen molar-refractivity contribution in [2.24, 2.45) is 16.7 Å². The van der Waals surface area contributed by atoms with Crippen LogP contribution in [0, 0.1) is 36.7 Å². The number of carbonyl (C=O) groups excluding carboxylic acids is 1. The predicted octanol–water partition coefficient (Wildman–Crippen LogP) is 10.7. The van der Waals surface area contributed by atoms with Gasteiger partial charge in [0, 0.05) is 42.4 Å². The molecule has 0 aliphatic carbocycles. The second-order valence-electron chi connectivity index (χ2n) is 13.0. The van der Waals surface area contributed by atoms with Crippen LogP contribution in [-0.4, -0.2) is 20.9 Å². The molecule has 1 aromatic heterocycles. The molecule has 44 heavy (non-hydrogen) atoms. The standard InChI is InChI=1S/C24H23N2.C15H28O2.Ir/c1-15(2)11-18-12-17(4)22-19(13-18)9-10-21-23(25-14-26-24(21)22)20-8-6-5-7-16(20)3;1-7-14(5,8-2)12(16)11-13(17)15(6,9-3)10-4;/h5-7,9-10,12-15H,11H2,1-4H3;11,16H,7-10H2,1-6H3;/q-1;;/b;12-11-;. The molecule has 0 saturated heterocycles. The second-order valence-corrected chi connectivity index (χ2v) is 13.0. The molecule has 4 rings (SSSR count). The first-order chi connectivity index (χ1) is 20.3. The number of aliphatic hydroxyl groups excluding tert-OH is 1. The van der Waals surface area contributed by atoms with E-state index < -0.39 is 0 Å². The van der Waals surface area contributed by atoms with E-state index in [-0.39, 0.29) is 42.5 Å². The summed E-state index contributed by atoms with van der Waals surface area (Å²) in [6.45, 7) is 20.9. The average molecular weight is 772 g/mol. The first kappa shape index (κ1) is 37.3. The van der Waals surface area contributed by atoms with Gasteiger partial charge in [-0.05, 0) is 72.5 Å². The first-order valence-corrected chi connectivity index (χ1v) is 15.9. The molecule has 0 atom stereocenters. The van der Waals surface area contributed by atoms with Gasteiger partial charge in [0.1, 0.15) is 12.1 Å². The summed E-state index contributed by atoms with van der Waals surface area (Å²) in [5.41, 5.74) is 6.28. The Labute approximate surface area is 279 Å². The molecule has 0 spiro atoms. The van der Waals surface area contributed by atoms with Crippen molar-refractivity contribution in [2.75, 3.05) is 0 Å². The van der Waals surface area contributed by atoms with E-state index in [1.54, 1.807) is 6.33 Å². The minimum absolute atomic E-state index is 0. The van der Waals surface area contributed by atoms with Gasteiger partial charge in [-0.3, -0.25) is 9.78 Å². The van der Waals surface area contributed by atoms with Gasteiger partial charge >= 0.3 is 0 Å². The third-order valence-electron chi connectivity index (χ3n) is 9.52. The molecule has 1 N–H and O–H groups in total. The van der Waals surface area contributed by atoms with E-state index in [0.717, 1.165) is 54.3 Å². The van der Waals surface area contributed by atoms with Gasteiger partial charge in [0.15, 0.2) is 5.78 Å². The molecule has 0 unspecified atom stereocenters. The molecule has 0 amide bonds. The summed E-state index contributed by atoms with van der Waals surface area (Å²) in [6.07, 6.45) is 7.53. The molecule has 239 valence electrons. The number of carbonyl (C=O) groups is 1. The zero-order valence-electron chi connectivity index (χ0n) is 28.4. The summed E-state index contributed by atoms with van der Waals surface area (Å²) >= 11 is 0. The normalized spacial score (nSPS) is 12.2. The number of aliphatic hydroxyl groups is 1. The molecule has 0 aliphatic heterocycles. The maximum Gasteiger partial charge on any atom is 0.164 e. The van der Waals surface area contributed by atoms with Crippen LogP contribution in [0.2, 0.25) is 0 Å². The number of aryl methyl sites for hydroxylation is 2. The number of benzene rings is 3. The van der Waals surface area contributed by atoms with Crippen molar-refractivity contribution in [2.45, 2.75) is 101 Å². The zero-order valence-corrected chi connectivity index (χ0v) is 30.8. The molecule has 5 heteroatoms. The molecule has 4 aromatic rings. The van der Waals surface area contributed by atoms with Crippen LogP contribution in [0.5, 0.6) is 0 Å². The summed E-state index contributed by atoms with van der Waals surface area (Å²) in [5.74, 6) is 0.937. The van der Waals surface area contributed by atoms with Crippen LogP contribution in [0.4, 0.5) is 0 Å². The molecular formula is C39H51IrN2O2-. The number of hydrogen-bond donors (Lipinski definition) is 1. The minimum atomic E-state index is -0.337. The van der Waals surface area contributed by atoms with Crippen LogP contribution in [0.15, 0.2) is 60.6 Å². The fraction of sp³-hybridized carbons (Fsp3) is 0.462. The van der Waals surface area contributed by atoms with E-state index in [0.29, 0.717) is 5.92 Å². The number of rotatable bonds is 10. The third kappa shape index (κ3) is 8.23. The van der Waals surface area contributed by atoms with Crippen molar-refractivity contribution in [3.05, 3.63) is 83.4 Å². The number of fused-ring (bicyclic) bond motifs is 3. The summed E-state index contributed by atoms with van der Waals surface area (Å²) in [7, 11) is 0. The summed E-state index contributed by atoms with van der Waals surface area (Å²) in [6, 6.07) is 18.4. The number of aromatic nitrogens is 2. The summed E-state index contributed by atoms with van der Waals surface area (Å²) < 4.78 is 0.